The van der Waals surface area contributed by atoms with Crippen LogP contribution in [0.3, 0.4) is 0 Å². The fraction of sp³-hybridized carbons (Fsp3) is 0.185. The summed E-state index contributed by atoms with van der Waals surface area (Å²) in [6.45, 7) is 0.261. The summed E-state index contributed by atoms with van der Waals surface area (Å²) in [5, 5.41) is 4.99. The predicted molar refractivity (Wildman–Crippen MR) is 133 cm³/mol. The van der Waals surface area contributed by atoms with Crippen LogP contribution in [0.4, 0.5) is 0 Å². The third kappa shape index (κ3) is 3.77. The highest BCUT2D eigenvalue weighted by Crippen LogP contribution is 2.32. The van der Waals surface area contributed by atoms with Gasteiger partial charge in [0.25, 0.3) is 11.8 Å². The molecule has 1 aromatic heterocycles. The maximum atomic E-state index is 13.0. The summed E-state index contributed by atoms with van der Waals surface area (Å²) in [6.07, 6.45) is 0.425. The van der Waals surface area contributed by atoms with Gasteiger partial charge >= 0.3 is 0 Å². The molecule has 0 saturated carbocycles. The van der Waals surface area contributed by atoms with Crippen LogP contribution in [0.1, 0.15) is 76.9 Å². The van der Waals surface area contributed by atoms with Gasteiger partial charge in [-0.05, 0) is 23.6 Å². The van der Waals surface area contributed by atoms with Gasteiger partial charge in [-0.25, -0.2) is 0 Å². The maximum Gasteiger partial charge on any atom is 0.287 e. The third-order valence-electron chi connectivity index (χ3n) is 6.95. The first-order valence-corrected chi connectivity index (χ1v) is 12.6. The van der Waals surface area contributed by atoms with Crippen molar-refractivity contribution in [1.29, 1.82) is 0 Å². The van der Waals surface area contributed by atoms with Gasteiger partial charge in [-0.15, -0.1) is 0 Å². The normalized spacial score (nSPS) is 18.2. The zero-order valence-corrected chi connectivity index (χ0v) is 21.2. The van der Waals surface area contributed by atoms with Gasteiger partial charge in [0.1, 0.15) is 6.04 Å². The number of rotatable bonds is 4. The Balaban J connectivity index is 1.18. The smallest absolute Gasteiger partial charge is 0.287 e. The lowest BCUT2D eigenvalue weighted by Gasteiger charge is -2.29. The van der Waals surface area contributed by atoms with Crippen LogP contribution in [0.15, 0.2) is 51.4 Å². The molecular formula is C27H18BrN3O7. The number of carbonyl (C=O) groups is 6. The first-order valence-electron chi connectivity index (χ1n) is 11.8. The van der Waals surface area contributed by atoms with E-state index in [2.05, 4.69) is 26.6 Å². The summed E-state index contributed by atoms with van der Waals surface area (Å²) < 4.78 is 6.08. The van der Waals surface area contributed by atoms with E-state index in [1.165, 1.54) is 17.0 Å². The molecule has 2 aromatic carbocycles. The SMILES string of the molecule is O=C1CCC(N2Cc3cc(CNC(=O)c4cc5c(o4)C(=O)c4ccccc4C5=O)c(Br)cc3C2=O)C(=O)N1. The molecule has 1 atom stereocenters. The number of benzene rings is 2. The van der Waals surface area contributed by atoms with Crippen molar-refractivity contribution in [3.05, 3.63) is 91.8 Å². The molecule has 38 heavy (non-hydrogen) atoms. The standard InChI is InChI=1S/C27H18BrN3O7/c28-18-8-16-13(11-31(27(16)37)19-5-6-21(32)30-25(19)35)7-12(18)10-29-26(36)20-9-17-22(33)14-3-1-2-4-15(14)23(34)24(17)38-20/h1-4,7-9,19H,5-6,10-11H2,(H,29,36)(H,30,32,35). The molecule has 10 nitrogen and oxygen atoms in total. The van der Waals surface area contributed by atoms with Crippen LogP contribution in [0.2, 0.25) is 0 Å². The molecule has 1 saturated heterocycles. The van der Waals surface area contributed by atoms with E-state index in [1.807, 2.05) is 0 Å². The zero-order valence-electron chi connectivity index (χ0n) is 19.6. The summed E-state index contributed by atoms with van der Waals surface area (Å²) in [5.74, 6) is -2.93. The van der Waals surface area contributed by atoms with Gasteiger partial charge in [0.05, 0.1) is 5.56 Å². The number of halogens is 1. The van der Waals surface area contributed by atoms with Crippen LogP contribution in [-0.2, 0) is 22.7 Å². The summed E-state index contributed by atoms with van der Waals surface area (Å²) in [5.41, 5.74) is 2.34. The van der Waals surface area contributed by atoms with Crippen molar-refractivity contribution < 1.29 is 33.2 Å². The number of hydrogen-bond donors (Lipinski definition) is 2. The Bertz CT molecular complexity index is 1570. The third-order valence-corrected chi connectivity index (χ3v) is 7.69. The molecule has 190 valence electrons. The monoisotopic (exact) mass is 575 g/mol. The van der Waals surface area contributed by atoms with E-state index in [0.717, 1.165) is 0 Å². The summed E-state index contributed by atoms with van der Waals surface area (Å²) in [4.78, 5) is 76.6. The fourth-order valence-corrected chi connectivity index (χ4v) is 5.51. The number of imide groups is 1. The van der Waals surface area contributed by atoms with Crippen molar-refractivity contribution in [2.75, 3.05) is 0 Å². The Labute approximate surface area is 223 Å². The molecule has 3 heterocycles. The second-order valence-electron chi connectivity index (χ2n) is 9.24. The average Bonchev–Trinajstić information content (AvgIpc) is 3.48. The van der Waals surface area contributed by atoms with Gasteiger partial charge < -0.3 is 14.6 Å². The number of ketones is 2. The highest BCUT2D eigenvalue weighted by molar-refractivity contribution is 9.10. The molecule has 11 heteroatoms. The molecule has 3 aliphatic rings. The minimum Gasteiger partial charge on any atom is -0.447 e. The van der Waals surface area contributed by atoms with Crippen molar-refractivity contribution in [3.8, 4) is 0 Å². The number of nitrogens with zero attached hydrogens (tertiary/aromatic N) is 1. The van der Waals surface area contributed by atoms with Crippen molar-refractivity contribution >= 4 is 51.1 Å². The van der Waals surface area contributed by atoms with Crippen molar-refractivity contribution in [2.45, 2.75) is 32.0 Å². The summed E-state index contributed by atoms with van der Waals surface area (Å²) in [6, 6.07) is 10.4. The quantitative estimate of drug-likeness (QED) is 0.356. The number of carbonyl (C=O) groups excluding carboxylic acids is 6. The average molecular weight is 576 g/mol. The second kappa shape index (κ2) is 8.88. The first-order chi connectivity index (χ1) is 18.2. The number of fused-ring (bicyclic) bond motifs is 3. The number of nitrogens with one attached hydrogen (secondary N) is 2. The van der Waals surface area contributed by atoms with Crippen LogP contribution >= 0.6 is 15.9 Å². The van der Waals surface area contributed by atoms with Gasteiger partial charge in [0, 0.05) is 46.7 Å². The largest absolute Gasteiger partial charge is 0.447 e. The van der Waals surface area contributed by atoms with Crippen molar-refractivity contribution in [3.63, 3.8) is 0 Å². The van der Waals surface area contributed by atoms with Crippen LogP contribution < -0.4 is 10.6 Å². The van der Waals surface area contributed by atoms with Gasteiger partial charge in [-0.2, -0.15) is 0 Å². The van der Waals surface area contributed by atoms with Crippen molar-refractivity contribution in [2.24, 2.45) is 0 Å². The molecule has 3 aromatic rings. The molecular weight excluding hydrogens is 558 g/mol. The van der Waals surface area contributed by atoms with Gasteiger partial charge in [-0.1, -0.05) is 46.3 Å². The van der Waals surface area contributed by atoms with Crippen LogP contribution in [0, 0.1) is 0 Å². The summed E-state index contributed by atoms with van der Waals surface area (Å²) >= 11 is 3.44. The van der Waals surface area contributed by atoms with E-state index in [-0.39, 0.29) is 71.7 Å². The Hall–Kier alpha value is -4.38. The maximum absolute atomic E-state index is 13.0. The molecule has 1 fully saturated rings. The predicted octanol–water partition coefficient (Wildman–Crippen LogP) is 2.51. The Morgan fingerprint density at radius 2 is 1.74 bits per heavy atom. The van der Waals surface area contributed by atoms with Gasteiger partial charge in [0.15, 0.2) is 17.3 Å². The number of amides is 4. The minimum atomic E-state index is -0.726. The fourth-order valence-electron chi connectivity index (χ4n) is 5.03. The molecule has 4 amide bonds. The summed E-state index contributed by atoms with van der Waals surface area (Å²) in [7, 11) is 0. The topological polar surface area (TPSA) is 143 Å². The van der Waals surface area contributed by atoms with E-state index in [4.69, 9.17) is 4.42 Å². The molecule has 2 N–H and O–H groups in total. The van der Waals surface area contributed by atoms with E-state index in [9.17, 15) is 28.8 Å². The first kappa shape index (κ1) is 24.0. The lowest BCUT2D eigenvalue weighted by molar-refractivity contribution is -0.136. The van der Waals surface area contributed by atoms with Crippen LogP contribution in [-0.4, -0.2) is 46.1 Å². The van der Waals surface area contributed by atoms with Crippen molar-refractivity contribution in [1.82, 2.24) is 15.5 Å². The number of piperidine rings is 1. The van der Waals surface area contributed by atoms with E-state index in [1.54, 1.807) is 30.3 Å². The highest BCUT2D eigenvalue weighted by Gasteiger charge is 2.39. The second-order valence-corrected chi connectivity index (χ2v) is 10.1. The van der Waals surface area contributed by atoms with Crippen LogP contribution in [0.25, 0.3) is 0 Å². The number of furan rings is 1. The number of hydrogen-bond acceptors (Lipinski definition) is 7. The lowest BCUT2D eigenvalue weighted by Crippen LogP contribution is -2.52. The van der Waals surface area contributed by atoms with E-state index in [0.29, 0.717) is 21.2 Å². The van der Waals surface area contributed by atoms with Gasteiger partial charge in [0.2, 0.25) is 17.6 Å². The molecule has 0 radical (unpaired) electrons. The Morgan fingerprint density at radius 3 is 2.47 bits per heavy atom. The molecule has 0 spiro atoms. The van der Waals surface area contributed by atoms with Crippen LogP contribution in [0.5, 0.6) is 0 Å². The van der Waals surface area contributed by atoms with Gasteiger partial charge in [-0.3, -0.25) is 34.1 Å². The highest BCUT2D eigenvalue weighted by atomic mass is 79.9. The molecule has 2 aliphatic heterocycles. The van der Waals surface area contributed by atoms with E-state index < -0.39 is 23.6 Å². The molecule has 6 rings (SSSR count). The lowest BCUT2D eigenvalue weighted by atomic mass is 9.89. The molecule has 1 aliphatic carbocycles. The van der Waals surface area contributed by atoms with E-state index >= 15 is 0 Å². The Kier molecular flexibility index (Phi) is 5.60. The molecule has 0 bridgehead atoms. The molecule has 1 unspecified atom stereocenters. The zero-order chi connectivity index (χ0) is 26.7. The Morgan fingerprint density at radius 1 is 1.00 bits per heavy atom. The minimum absolute atomic E-state index is 0.0459.